The van der Waals surface area contributed by atoms with Crippen LogP contribution < -0.4 is 0 Å². The van der Waals surface area contributed by atoms with Gasteiger partial charge in [-0.3, -0.25) is 0 Å². The number of rotatable bonds is 26. The van der Waals surface area contributed by atoms with Crippen LogP contribution in [0.15, 0.2) is 69.6 Å². The Morgan fingerprint density at radius 3 is 1.08 bits per heavy atom. The number of hydrogen-bond acceptors (Lipinski definition) is 2. The molecule has 0 aliphatic heterocycles. The average molecular weight is 1040 g/mol. The maximum atomic E-state index is 3.71. The zero-order valence-electron chi connectivity index (χ0n) is 40.1. The number of unbranched alkanes of at least 4 members (excludes halogenated alkanes) is 22. The Labute approximate surface area is 422 Å². The molecule has 352 valence electrons. The van der Waals surface area contributed by atoms with Gasteiger partial charge in [0.2, 0.25) is 0 Å². The lowest BCUT2D eigenvalue weighted by molar-refractivity contribution is 0.609. The molecule has 0 N–H and O–H groups in total. The molecule has 0 atom stereocenters. The highest BCUT2D eigenvalue weighted by atomic mass is 79.9. The third-order valence-corrected chi connectivity index (χ3v) is 16.2. The molecule has 0 bridgehead atoms. The van der Waals surface area contributed by atoms with Crippen molar-refractivity contribution in [1.82, 2.24) is 0 Å². The molecule has 4 heteroatoms. The molecule has 65 heavy (non-hydrogen) atoms. The Hall–Kier alpha value is -2.60. The molecule has 0 unspecified atom stereocenters. The summed E-state index contributed by atoms with van der Waals surface area (Å²) in [6, 6.07) is 23.4. The first-order chi connectivity index (χ1) is 31.4. The second kappa shape index (κ2) is 32.2. The van der Waals surface area contributed by atoms with Gasteiger partial charge in [0.15, 0.2) is 0 Å². The van der Waals surface area contributed by atoms with E-state index >= 15 is 0 Å². The summed E-state index contributed by atoms with van der Waals surface area (Å²) in [6.45, 7) is 9.11. The molecule has 0 saturated heterocycles. The lowest BCUT2D eigenvalue weighted by atomic mass is 10.0. The zero-order valence-corrected chi connectivity index (χ0v) is 44.9. The summed E-state index contributed by atoms with van der Waals surface area (Å²) in [4.78, 5) is 3.13. The number of aryl methyl sites for hydroxylation is 2. The minimum absolute atomic E-state index is 0. The fraction of sp³-hybridized carbons (Fsp3) is 0.541. The van der Waals surface area contributed by atoms with Crippen molar-refractivity contribution >= 4 is 96.3 Å². The number of thiophene rings is 2. The summed E-state index contributed by atoms with van der Waals surface area (Å²) in [7, 11) is 0. The van der Waals surface area contributed by atoms with Gasteiger partial charge in [-0.1, -0.05) is 187 Å². The van der Waals surface area contributed by atoms with Crippen LogP contribution in [0.5, 0.6) is 0 Å². The standard InChI is InChI=1S/C30H38Br2.C30H40S2.CH4/c1-3-5-7-9-11-13-15-17-19-25-21-27-22-26(30(32)24-28(27)23-29(25)31)20-18-16-14-12-10-8-6-4-2;1-3-5-7-9-11-13-15-27-19-25-17-23-18-26-20-28(16-14-12-10-8-6-4-2)32-30(26)22-24(23)21-29(25)31-27;/h21-24H,3-16H2,1-2H3;17-22H,3-16H2,1-2H3;1H4. The fourth-order valence-corrected chi connectivity index (χ4v) is 11.8. The van der Waals surface area contributed by atoms with Crippen LogP contribution in [0.3, 0.4) is 0 Å². The first kappa shape index (κ1) is 55.0. The Bertz CT molecular complexity index is 2180. The van der Waals surface area contributed by atoms with E-state index in [9.17, 15) is 0 Å². The maximum absolute atomic E-state index is 3.71. The monoisotopic (exact) mass is 1040 g/mol. The molecule has 6 aromatic rings. The Morgan fingerprint density at radius 1 is 0.354 bits per heavy atom. The molecule has 0 radical (unpaired) electrons. The van der Waals surface area contributed by atoms with E-state index in [0.29, 0.717) is 0 Å². The summed E-state index contributed by atoms with van der Waals surface area (Å²) in [5.74, 6) is 13.5. The predicted octanol–water partition coefficient (Wildman–Crippen LogP) is 22.3. The lowest BCUT2D eigenvalue weighted by Crippen LogP contribution is -1.85. The molecule has 0 nitrogen and oxygen atoms in total. The average Bonchev–Trinajstić information content (AvgIpc) is 3.89. The first-order valence-corrected chi connectivity index (χ1v) is 28.9. The molecule has 0 fully saturated rings. The highest BCUT2D eigenvalue weighted by molar-refractivity contribution is 9.10. The van der Waals surface area contributed by atoms with E-state index in [4.69, 9.17) is 0 Å². The summed E-state index contributed by atoms with van der Waals surface area (Å²) in [6.07, 6.45) is 36.7. The topological polar surface area (TPSA) is 0 Å². The van der Waals surface area contributed by atoms with Crippen LogP contribution in [0.1, 0.15) is 223 Å². The summed E-state index contributed by atoms with van der Waals surface area (Å²) >= 11 is 11.4. The molecule has 4 aromatic carbocycles. The zero-order chi connectivity index (χ0) is 45.2. The molecule has 0 spiro atoms. The number of benzene rings is 4. The first-order valence-electron chi connectivity index (χ1n) is 25.7. The quantitative estimate of drug-likeness (QED) is 0.0375. The fourth-order valence-electron chi connectivity index (χ4n) is 8.63. The third-order valence-electron chi connectivity index (χ3n) is 12.5. The van der Waals surface area contributed by atoms with Crippen LogP contribution in [0.2, 0.25) is 0 Å². The van der Waals surface area contributed by atoms with Crippen LogP contribution in [0.25, 0.3) is 41.7 Å². The minimum atomic E-state index is 0. The van der Waals surface area contributed by atoms with E-state index in [-0.39, 0.29) is 7.43 Å². The minimum Gasteiger partial charge on any atom is -0.140 e. The maximum Gasteiger partial charge on any atom is 0.0393 e. The SMILES string of the molecule is C.CCCCCCCCC#Cc1cc2cc(C#CCCCCCCCC)c(Br)cc2cc1Br.CCCCCCCCc1cc2cc3cc4cc(CCCCCCCC)sc4cc3cc2s1. The van der Waals surface area contributed by atoms with Gasteiger partial charge in [-0.25, -0.2) is 0 Å². The molecule has 2 heterocycles. The normalized spacial score (nSPS) is 11.0. The van der Waals surface area contributed by atoms with E-state index in [0.717, 1.165) is 32.9 Å². The van der Waals surface area contributed by atoms with Crippen molar-refractivity contribution in [2.24, 2.45) is 0 Å². The number of halogens is 2. The van der Waals surface area contributed by atoms with E-state index < -0.39 is 0 Å². The number of hydrogen-bond donors (Lipinski definition) is 0. The molecule has 0 aliphatic carbocycles. The van der Waals surface area contributed by atoms with Gasteiger partial charge in [0, 0.05) is 52.1 Å². The molecular weight excluding hydrogens is 957 g/mol. The van der Waals surface area contributed by atoms with Crippen molar-refractivity contribution < 1.29 is 0 Å². The Morgan fingerprint density at radius 2 is 0.677 bits per heavy atom. The molecule has 2 aromatic heterocycles. The highest BCUT2D eigenvalue weighted by Gasteiger charge is 2.09. The van der Waals surface area contributed by atoms with Crippen LogP contribution in [0.4, 0.5) is 0 Å². The molecule has 0 aliphatic rings. The van der Waals surface area contributed by atoms with Crippen molar-refractivity contribution in [3.05, 3.63) is 90.5 Å². The van der Waals surface area contributed by atoms with Gasteiger partial charge in [-0.2, -0.15) is 0 Å². The van der Waals surface area contributed by atoms with Crippen LogP contribution >= 0.6 is 54.5 Å². The lowest BCUT2D eigenvalue weighted by Gasteiger charge is -2.05. The second-order valence-electron chi connectivity index (χ2n) is 18.2. The summed E-state index contributed by atoms with van der Waals surface area (Å²) < 4.78 is 5.05. The predicted molar refractivity (Wildman–Crippen MR) is 305 cm³/mol. The van der Waals surface area contributed by atoms with Crippen molar-refractivity contribution in [3.63, 3.8) is 0 Å². The van der Waals surface area contributed by atoms with E-state index in [1.165, 1.54) is 209 Å². The highest BCUT2D eigenvalue weighted by Crippen LogP contribution is 2.36. The van der Waals surface area contributed by atoms with Gasteiger partial charge >= 0.3 is 0 Å². The Kier molecular flexibility index (Phi) is 27.2. The van der Waals surface area contributed by atoms with Crippen molar-refractivity contribution in [2.75, 3.05) is 0 Å². The van der Waals surface area contributed by atoms with Gasteiger partial charge in [-0.15, -0.1) is 22.7 Å². The third kappa shape index (κ3) is 19.5. The van der Waals surface area contributed by atoms with Gasteiger partial charge in [0.05, 0.1) is 0 Å². The largest absolute Gasteiger partial charge is 0.140 e. The molecular formula is C61H82Br2S2. The van der Waals surface area contributed by atoms with Crippen LogP contribution in [-0.2, 0) is 12.8 Å². The second-order valence-corrected chi connectivity index (χ2v) is 22.3. The molecule has 6 rings (SSSR count). The van der Waals surface area contributed by atoms with Gasteiger partial charge < -0.3 is 0 Å². The van der Waals surface area contributed by atoms with Crippen molar-refractivity contribution in [2.45, 2.75) is 215 Å². The van der Waals surface area contributed by atoms with Crippen LogP contribution in [0, 0.1) is 23.7 Å². The van der Waals surface area contributed by atoms with Crippen molar-refractivity contribution in [3.8, 4) is 23.7 Å². The van der Waals surface area contributed by atoms with E-state index in [2.05, 4.69) is 144 Å². The summed E-state index contributed by atoms with van der Waals surface area (Å²) in [5, 5.41) is 8.08. The number of fused-ring (bicyclic) bond motifs is 4. The van der Waals surface area contributed by atoms with Gasteiger partial charge in [0.25, 0.3) is 0 Å². The molecule has 0 amide bonds. The van der Waals surface area contributed by atoms with E-state index in [1.807, 2.05) is 22.7 Å². The smallest absolute Gasteiger partial charge is 0.0393 e. The Balaban J connectivity index is 0.000000280. The van der Waals surface area contributed by atoms with E-state index in [1.54, 1.807) is 9.75 Å². The molecule has 0 saturated carbocycles. The summed E-state index contributed by atoms with van der Waals surface area (Å²) in [5.41, 5.74) is 2.13. The van der Waals surface area contributed by atoms with Crippen LogP contribution in [-0.4, -0.2) is 0 Å². The van der Waals surface area contributed by atoms with Gasteiger partial charge in [-0.05, 0) is 163 Å². The van der Waals surface area contributed by atoms with Gasteiger partial charge in [0.1, 0.15) is 0 Å². The van der Waals surface area contributed by atoms with Crippen molar-refractivity contribution in [1.29, 1.82) is 0 Å².